The molecule has 236 valence electrons. The zero-order chi connectivity index (χ0) is 31.1. The zero-order valence-electron chi connectivity index (χ0n) is 21.9. The van der Waals surface area contributed by atoms with Gasteiger partial charge in [-0.05, 0) is 11.8 Å². The van der Waals surface area contributed by atoms with Gasteiger partial charge in [-0.25, -0.2) is 41.9 Å². The number of hydrogen-bond acceptors (Lipinski definition) is 15. The van der Waals surface area contributed by atoms with Crippen molar-refractivity contribution in [2.75, 3.05) is 24.6 Å². The van der Waals surface area contributed by atoms with E-state index in [2.05, 4.69) is 34.6 Å². The predicted molar refractivity (Wildman–Crippen MR) is 148 cm³/mol. The molecule has 4 aromatic heterocycles. The number of imidazole rings is 2. The molecule has 4 aromatic rings. The van der Waals surface area contributed by atoms with Gasteiger partial charge in [-0.15, -0.1) is 0 Å². The third kappa shape index (κ3) is 4.75. The molecular weight excluding hydrogens is 655 g/mol. The molecule has 19 nitrogen and oxygen atoms in total. The van der Waals surface area contributed by atoms with E-state index in [0.717, 1.165) is 17.2 Å². The average Bonchev–Trinajstić information content (AvgIpc) is 3.71. The van der Waals surface area contributed by atoms with Crippen LogP contribution in [-0.4, -0.2) is 101 Å². The Bertz CT molecular complexity index is 1990. The molecular formula is C20H22F2N11O8PS2. The topological polar surface area (TPSA) is 263 Å². The van der Waals surface area contributed by atoms with E-state index in [1.807, 2.05) is 0 Å². The summed E-state index contributed by atoms with van der Waals surface area (Å²) >= 11 is 5.10. The van der Waals surface area contributed by atoms with Crippen LogP contribution in [-0.2, 0) is 40.4 Å². The van der Waals surface area contributed by atoms with Crippen LogP contribution in [0.25, 0.3) is 22.3 Å². The number of hydrogen-bond donors (Lipinski definition) is 5. The van der Waals surface area contributed by atoms with Gasteiger partial charge in [0.05, 0.1) is 19.3 Å². The van der Waals surface area contributed by atoms with Crippen LogP contribution >= 0.6 is 6.72 Å². The highest BCUT2D eigenvalue weighted by Crippen LogP contribution is 2.51. The van der Waals surface area contributed by atoms with Gasteiger partial charge in [0.1, 0.15) is 35.4 Å². The molecule has 3 aliphatic rings. The minimum absolute atomic E-state index is 0.0304. The SMILES string of the molecule is Nc1nc2c(ncn2[C@@H]2O[C@@H]3COP(O)(=S)O[C@H]4[C@@H](F)[C@H](n5cnc6c(N)ncnc65)O[C@@H]4CNS(=O)(=O)[C@H]3[C@@H]2F)c(=O)[nH]1. The summed E-state index contributed by atoms with van der Waals surface area (Å²) in [5, 5.41) is -1.94. The summed E-state index contributed by atoms with van der Waals surface area (Å²) in [6, 6.07) is 0. The summed E-state index contributed by atoms with van der Waals surface area (Å²) in [7, 11) is -4.62. The monoisotopic (exact) mass is 677 g/mol. The number of nitrogen functional groups attached to an aromatic ring is 2. The van der Waals surface area contributed by atoms with Crippen LogP contribution in [0, 0.1) is 0 Å². The Hall–Kier alpha value is -3.28. The minimum Gasteiger partial charge on any atom is -0.382 e. The number of nitrogens with one attached hydrogen (secondary N) is 2. The molecule has 7 heterocycles. The molecule has 3 aliphatic heterocycles. The molecule has 0 bridgehead atoms. The van der Waals surface area contributed by atoms with Crippen LogP contribution in [0.1, 0.15) is 12.5 Å². The first-order valence-corrected chi connectivity index (χ1v) is 16.9. The Morgan fingerprint density at radius 2 is 1.70 bits per heavy atom. The summed E-state index contributed by atoms with van der Waals surface area (Å²) in [5.41, 5.74) is 10.7. The van der Waals surface area contributed by atoms with Crippen LogP contribution in [0.15, 0.2) is 23.8 Å². The molecule has 24 heteroatoms. The Morgan fingerprint density at radius 1 is 1.02 bits per heavy atom. The molecule has 1 unspecified atom stereocenters. The second-order valence-electron chi connectivity index (χ2n) is 10.1. The summed E-state index contributed by atoms with van der Waals surface area (Å²) < 4.78 is 86.0. The van der Waals surface area contributed by atoms with E-state index in [1.54, 1.807) is 0 Å². The molecule has 3 saturated heterocycles. The molecule has 0 aliphatic carbocycles. The highest BCUT2D eigenvalue weighted by atomic mass is 32.5. The molecule has 44 heavy (non-hydrogen) atoms. The van der Waals surface area contributed by atoms with Gasteiger partial charge in [-0.2, -0.15) is 4.98 Å². The van der Waals surface area contributed by atoms with E-state index in [0.29, 0.717) is 0 Å². The first-order valence-electron chi connectivity index (χ1n) is 12.7. The van der Waals surface area contributed by atoms with Crippen LogP contribution in [0.5, 0.6) is 0 Å². The van der Waals surface area contributed by atoms with Crippen LogP contribution in [0.3, 0.4) is 0 Å². The van der Waals surface area contributed by atoms with Crippen molar-refractivity contribution in [1.29, 1.82) is 0 Å². The smallest absolute Gasteiger partial charge is 0.325 e. The number of alkyl halides is 2. The van der Waals surface area contributed by atoms with Crippen LogP contribution in [0.2, 0.25) is 0 Å². The fraction of sp³-hybridized carbons (Fsp3) is 0.500. The van der Waals surface area contributed by atoms with Crippen molar-refractivity contribution >= 4 is 62.6 Å². The molecule has 0 amide bonds. The second kappa shape index (κ2) is 10.4. The molecule has 9 atom stereocenters. The van der Waals surface area contributed by atoms with Gasteiger partial charge < -0.3 is 30.4 Å². The van der Waals surface area contributed by atoms with Gasteiger partial charge in [0, 0.05) is 6.54 Å². The lowest BCUT2D eigenvalue weighted by Gasteiger charge is -2.24. The standard InChI is InChI=1S/C20H22F2N11O8PS2/c21-8-12-6(39-18(8)32-4-27-10-14(23)25-3-26-15(10)32)1-29-44(36,37)13-7(2-38-42(35,43)41-12)40-19(9(13)22)33-5-28-11-16(33)30-20(24)31-17(11)34/h3-9,12-13,18-19,29H,1-2H2,(H,35,43)(H2,23,25,26)(H3,24,30,31,34)/t6-,7-,8-,9+,12-,13-,18-,19-,42?/m1/s1. The van der Waals surface area contributed by atoms with Crippen molar-refractivity contribution < 1.29 is 40.6 Å². The molecule has 0 spiro atoms. The van der Waals surface area contributed by atoms with Crippen molar-refractivity contribution in [3.05, 3.63) is 29.3 Å². The number of fused-ring (bicyclic) bond motifs is 4. The zero-order valence-corrected chi connectivity index (χ0v) is 24.4. The molecule has 0 saturated carbocycles. The van der Waals surface area contributed by atoms with Crippen molar-refractivity contribution in [2.24, 2.45) is 0 Å². The Balaban J connectivity index is 1.21. The van der Waals surface area contributed by atoms with Crippen molar-refractivity contribution in [3.8, 4) is 0 Å². The predicted octanol–water partition coefficient (Wildman–Crippen LogP) is -1.48. The lowest BCUT2D eigenvalue weighted by Crippen LogP contribution is -2.48. The van der Waals surface area contributed by atoms with E-state index in [1.165, 1.54) is 10.9 Å². The van der Waals surface area contributed by atoms with Gasteiger partial charge in [0.25, 0.3) is 5.56 Å². The minimum atomic E-state index is -4.62. The fourth-order valence-corrected chi connectivity index (χ4v) is 8.51. The number of nitrogens with two attached hydrogens (primary N) is 2. The second-order valence-corrected chi connectivity index (χ2v) is 14.8. The first-order chi connectivity index (χ1) is 20.8. The molecule has 0 aromatic carbocycles. The van der Waals surface area contributed by atoms with E-state index < -0.39 is 83.8 Å². The molecule has 7 N–H and O–H groups in total. The fourth-order valence-electron chi connectivity index (χ4n) is 5.46. The summed E-state index contributed by atoms with van der Waals surface area (Å²) in [5.74, 6) is -0.262. The number of sulfonamides is 1. The molecule has 0 radical (unpaired) electrons. The lowest BCUT2D eigenvalue weighted by atomic mass is 10.1. The van der Waals surface area contributed by atoms with E-state index in [-0.39, 0.29) is 34.1 Å². The number of ether oxygens (including phenoxy) is 2. The first kappa shape index (κ1) is 29.4. The maximum atomic E-state index is 16.1. The Kier molecular flexibility index (Phi) is 6.95. The highest BCUT2D eigenvalue weighted by Gasteiger charge is 2.56. The summed E-state index contributed by atoms with van der Waals surface area (Å²) in [4.78, 5) is 45.2. The summed E-state index contributed by atoms with van der Waals surface area (Å²) in [6.45, 7) is -5.69. The molecule has 7 rings (SSSR count). The number of aromatic amines is 1. The van der Waals surface area contributed by atoms with E-state index in [4.69, 9.17) is 41.8 Å². The van der Waals surface area contributed by atoms with Crippen LogP contribution < -0.4 is 21.7 Å². The van der Waals surface area contributed by atoms with Gasteiger partial charge in [0.15, 0.2) is 47.4 Å². The summed E-state index contributed by atoms with van der Waals surface area (Å²) in [6.07, 6.45) is -8.64. The highest BCUT2D eigenvalue weighted by molar-refractivity contribution is 8.07. The van der Waals surface area contributed by atoms with Crippen LogP contribution in [0.4, 0.5) is 20.5 Å². The number of anilines is 2. The Morgan fingerprint density at radius 3 is 2.48 bits per heavy atom. The number of rotatable bonds is 2. The third-order valence-corrected chi connectivity index (χ3v) is 10.8. The van der Waals surface area contributed by atoms with Gasteiger partial charge >= 0.3 is 6.72 Å². The van der Waals surface area contributed by atoms with E-state index in [9.17, 15) is 18.1 Å². The number of nitrogens with zero attached hydrogens (tertiary/aromatic N) is 7. The maximum absolute atomic E-state index is 16.1. The largest absolute Gasteiger partial charge is 0.382 e. The number of halogens is 2. The van der Waals surface area contributed by atoms with E-state index >= 15 is 8.78 Å². The maximum Gasteiger partial charge on any atom is 0.325 e. The third-order valence-electron chi connectivity index (χ3n) is 7.42. The number of H-pyrrole nitrogens is 1. The van der Waals surface area contributed by atoms with Crippen molar-refractivity contribution in [1.82, 2.24) is 43.8 Å². The van der Waals surface area contributed by atoms with Crippen molar-refractivity contribution in [2.45, 2.75) is 48.4 Å². The van der Waals surface area contributed by atoms with Crippen molar-refractivity contribution in [3.63, 3.8) is 0 Å². The average molecular weight is 678 g/mol. The van der Waals surface area contributed by atoms with Gasteiger partial charge in [0.2, 0.25) is 16.0 Å². The van der Waals surface area contributed by atoms with Gasteiger partial charge in [-0.1, -0.05) is 0 Å². The normalized spacial score (nSPS) is 35.8. The lowest BCUT2D eigenvalue weighted by molar-refractivity contribution is -0.0361. The van der Waals surface area contributed by atoms with Gasteiger partial charge in [-0.3, -0.25) is 23.4 Å². The quantitative estimate of drug-likeness (QED) is 0.151. The number of aromatic nitrogens is 8. The molecule has 3 fully saturated rings. The Labute approximate surface area is 249 Å².